The van der Waals surface area contributed by atoms with Crippen molar-refractivity contribution in [2.45, 2.75) is 13.5 Å². The number of ether oxygens (including phenoxy) is 3. The van der Waals surface area contributed by atoms with E-state index in [0.717, 1.165) is 11.3 Å². The van der Waals surface area contributed by atoms with Crippen molar-refractivity contribution in [1.82, 2.24) is 4.57 Å². The number of thiazole rings is 1. The number of nitrogens with one attached hydrogen (secondary N) is 1. The molecule has 0 aliphatic rings. The predicted molar refractivity (Wildman–Crippen MR) is 92.5 cm³/mol. The number of hydrogen-bond acceptors (Lipinski definition) is 7. The molecule has 0 radical (unpaired) electrons. The van der Waals surface area contributed by atoms with Crippen LogP contribution in [0, 0.1) is 6.92 Å². The fraction of sp³-hybridized carbons (Fsp3) is 0.312. The third kappa shape index (κ3) is 4.83. The highest BCUT2D eigenvalue weighted by Gasteiger charge is 2.13. The summed E-state index contributed by atoms with van der Waals surface area (Å²) in [4.78, 5) is 35.0. The zero-order valence-electron chi connectivity index (χ0n) is 14.0. The second-order valence-corrected chi connectivity index (χ2v) is 5.82. The Morgan fingerprint density at radius 3 is 2.60 bits per heavy atom. The number of aromatic nitrogens is 1. The number of nitrogens with zero attached hydrogens (tertiary/aromatic N) is 1. The van der Waals surface area contributed by atoms with Gasteiger partial charge in [-0.25, -0.2) is 0 Å². The molecule has 1 N–H and O–H groups in total. The third-order valence-corrected chi connectivity index (χ3v) is 4.19. The first kappa shape index (κ1) is 18.5. The second-order valence-electron chi connectivity index (χ2n) is 5.00. The van der Waals surface area contributed by atoms with Crippen molar-refractivity contribution in [2.75, 3.05) is 26.1 Å². The fourth-order valence-electron chi connectivity index (χ4n) is 2.01. The minimum Gasteiger partial charge on any atom is -0.497 e. The number of esters is 1. The van der Waals surface area contributed by atoms with Gasteiger partial charge in [-0.1, -0.05) is 11.3 Å². The molecule has 0 saturated carbocycles. The van der Waals surface area contributed by atoms with Gasteiger partial charge in [0.2, 0.25) is 0 Å². The van der Waals surface area contributed by atoms with Gasteiger partial charge in [0, 0.05) is 17.1 Å². The Bertz CT molecular complexity index is 826. The summed E-state index contributed by atoms with van der Waals surface area (Å²) < 4.78 is 16.4. The maximum absolute atomic E-state index is 11.9. The maximum atomic E-state index is 11.9. The lowest BCUT2D eigenvalue weighted by Crippen LogP contribution is -2.26. The molecule has 1 heterocycles. The highest BCUT2D eigenvalue weighted by atomic mass is 32.1. The second kappa shape index (κ2) is 8.34. The quantitative estimate of drug-likeness (QED) is 0.745. The Hall–Kier alpha value is -2.81. The number of anilines is 1. The number of carbonyl (C=O) groups is 2. The zero-order chi connectivity index (χ0) is 18.4. The van der Waals surface area contributed by atoms with Crippen molar-refractivity contribution in [3.63, 3.8) is 0 Å². The molecule has 1 aromatic heterocycles. The van der Waals surface area contributed by atoms with Crippen LogP contribution < -0.4 is 19.7 Å². The van der Waals surface area contributed by atoms with E-state index >= 15 is 0 Å². The van der Waals surface area contributed by atoms with E-state index in [0.29, 0.717) is 22.9 Å². The van der Waals surface area contributed by atoms with Gasteiger partial charge in [-0.15, -0.1) is 0 Å². The molecule has 8 nitrogen and oxygen atoms in total. The molecule has 0 saturated heterocycles. The summed E-state index contributed by atoms with van der Waals surface area (Å²) in [5, 5.41) is 4.24. The molecule has 2 aromatic rings. The molecule has 0 fully saturated rings. The molecule has 0 bridgehead atoms. The first-order valence-corrected chi connectivity index (χ1v) is 8.15. The van der Waals surface area contributed by atoms with Gasteiger partial charge >= 0.3 is 10.8 Å². The maximum Gasteiger partial charge on any atom is 0.326 e. The van der Waals surface area contributed by atoms with Crippen LogP contribution in [0.1, 0.15) is 5.69 Å². The molecule has 1 aromatic carbocycles. The van der Waals surface area contributed by atoms with E-state index in [4.69, 9.17) is 14.2 Å². The number of methoxy groups -OCH3 is 2. The highest BCUT2D eigenvalue weighted by molar-refractivity contribution is 7.07. The van der Waals surface area contributed by atoms with Crippen LogP contribution in [0.25, 0.3) is 0 Å². The first-order chi connectivity index (χ1) is 11.9. The SMILES string of the molecule is COc1ccc(NC(=O)COC(=O)Cn2c(C)csc2=O)c(OC)c1. The van der Waals surface area contributed by atoms with Crippen molar-refractivity contribution in [2.24, 2.45) is 0 Å². The number of rotatable bonds is 7. The summed E-state index contributed by atoms with van der Waals surface area (Å²) in [6, 6.07) is 4.90. The Morgan fingerprint density at radius 1 is 1.24 bits per heavy atom. The standard InChI is InChI=1S/C16H18N2O6S/c1-10-9-25-16(21)18(10)7-15(20)24-8-14(19)17-12-5-4-11(22-2)6-13(12)23-3/h4-6,9H,7-8H2,1-3H3,(H,17,19). The van der Waals surface area contributed by atoms with Gasteiger partial charge in [0.15, 0.2) is 6.61 Å². The van der Waals surface area contributed by atoms with Crippen LogP contribution in [0.2, 0.25) is 0 Å². The van der Waals surface area contributed by atoms with Gasteiger partial charge in [-0.3, -0.25) is 19.0 Å². The summed E-state index contributed by atoms with van der Waals surface area (Å²) in [5.74, 6) is -0.191. The molecule has 2 rings (SSSR count). The van der Waals surface area contributed by atoms with Gasteiger partial charge < -0.3 is 19.5 Å². The van der Waals surface area contributed by atoms with Crippen LogP contribution >= 0.6 is 11.3 Å². The fourth-order valence-corrected chi connectivity index (χ4v) is 2.74. The summed E-state index contributed by atoms with van der Waals surface area (Å²) in [6.45, 7) is 1.02. The van der Waals surface area contributed by atoms with E-state index in [2.05, 4.69) is 5.32 Å². The Labute approximate surface area is 147 Å². The lowest BCUT2D eigenvalue weighted by molar-refractivity contribution is -0.147. The molecule has 1 amide bonds. The monoisotopic (exact) mass is 366 g/mol. The van der Waals surface area contributed by atoms with E-state index < -0.39 is 18.5 Å². The summed E-state index contributed by atoms with van der Waals surface area (Å²) in [5.41, 5.74) is 1.09. The zero-order valence-corrected chi connectivity index (χ0v) is 14.8. The Balaban J connectivity index is 1.90. The molecule has 0 aliphatic carbocycles. The third-order valence-electron chi connectivity index (χ3n) is 3.31. The lowest BCUT2D eigenvalue weighted by Gasteiger charge is -2.12. The normalized spacial score (nSPS) is 10.2. The Kier molecular flexibility index (Phi) is 6.18. The van der Waals surface area contributed by atoms with Crippen LogP contribution in [0.4, 0.5) is 5.69 Å². The van der Waals surface area contributed by atoms with Crippen molar-refractivity contribution < 1.29 is 23.8 Å². The van der Waals surface area contributed by atoms with Gasteiger partial charge in [0.1, 0.15) is 18.0 Å². The largest absolute Gasteiger partial charge is 0.497 e. The van der Waals surface area contributed by atoms with Crippen LogP contribution in [0.15, 0.2) is 28.4 Å². The van der Waals surface area contributed by atoms with E-state index in [-0.39, 0.29) is 11.4 Å². The number of amides is 1. The van der Waals surface area contributed by atoms with Gasteiger partial charge in [-0.2, -0.15) is 0 Å². The minimum absolute atomic E-state index is 0.229. The number of aryl methyl sites for hydroxylation is 1. The molecule has 0 atom stereocenters. The Morgan fingerprint density at radius 2 is 2.00 bits per heavy atom. The highest BCUT2D eigenvalue weighted by Crippen LogP contribution is 2.28. The van der Waals surface area contributed by atoms with E-state index in [1.807, 2.05) is 0 Å². The minimum atomic E-state index is -0.666. The molecule has 0 spiro atoms. The molecular weight excluding hydrogens is 348 g/mol. The van der Waals surface area contributed by atoms with Crippen molar-refractivity contribution in [3.8, 4) is 11.5 Å². The molecular formula is C16H18N2O6S. The van der Waals surface area contributed by atoms with Gasteiger partial charge in [0.05, 0.1) is 19.9 Å². The topological polar surface area (TPSA) is 95.9 Å². The number of carbonyl (C=O) groups excluding carboxylic acids is 2. The molecule has 25 heavy (non-hydrogen) atoms. The van der Waals surface area contributed by atoms with Crippen LogP contribution in [0.3, 0.4) is 0 Å². The number of hydrogen-bond donors (Lipinski definition) is 1. The van der Waals surface area contributed by atoms with Crippen LogP contribution in [0.5, 0.6) is 11.5 Å². The van der Waals surface area contributed by atoms with E-state index in [1.54, 1.807) is 30.5 Å². The first-order valence-electron chi connectivity index (χ1n) is 7.27. The van der Waals surface area contributed by atoms with E-state index in [9.17, 15) is 14.4 Å². The van der Waals surface area contributed by atoms with Crippen LogP contribution in [-0.2, 0) is 20.9 Å². The average Bonchev–Trinajstić information content (AvgIpc) is 2.92. The average molecular weight is 366 g/mol. The summed E-state index contributed by atoms with van der Waals surface area (Å²) in [6.07, 6.45) is 0. The smallest absolute Gasteiger partial charge is 0.326 e. The van der Waals surface area contributed by atoms with Gasteiger partial charge in [-0.05, 0) is 19.1 Å². The molecule has 0 aliphatic heterocycles. The lowest BCUT2D eigenvalue weighted by atomic mass is 10.2. The van der Waals surface area contributed by atoms with Crippen molar-refractivity contribution in [1.29, 1.82) is 0 Å². The van der Waals surface area contributed by atoms with Crippen molar-refractivity contribution >= 4 is 28.9 Å². The van der Waals surface area contributed by atoms with E-state index in [1.165, 1.54) is 18.8 Å². The predicted octanol–water partition coefficient (Wildman–Crippen LogP) is 1.42. The summed E-state index contributed by atoms with van der Waals surface area (Å²) >= 11 is 1.00. The summed E-state index contributed by atoms with van der Waals surface area (Å²) in [7, 11) is 2.98. The van der Waals surface area contributed by atoms with Crippen LogP contribution in [-0.4, -0.2) is 37.3 Å². The number of benzene rings is 1. The molecule has 0 unspecified atom stereocenters. The van der Waals surface area contributed by atoms with Gasteiger partial charge in [0.25, 0.3) is 5.91 Å². The molecule has 134 valence electrons. The molecule has 9 heteroatoms. The van der Waals surface area contributed by atoms with Crippen molar-refractivity contribution in [3.05, 3.63) is 38.9 Å².